The Kier molecular flexibility index (Phi) is 4.51. The number of ether oxygens (including phenoxy) is 3. The van der Waals surface area contributed by atoms with Gasteiger partial charge in [0, 0.05) is 10.7 Å². The van der Waals surface area contributed by atoms with Crippen molar-refractivity contribution < 1.29 is 14.2 Å². The molecule has 0 amide bonds. The Morgan fingerprint density at radius 2 is 2.00 bits per heavy atom. The highest BCUT2D eigenvalue weighted by molar-refractivity contribution is 9.09. The molecule has 3 atom stereocenters. The Bertz CT molecular complexity index is 408. The molecule has 0 aromatic heterocycles. The summed E-state index contributed by atoms with van der Waals surface area (Å²) in [6.45, 7) is 2.93. The van der Waals surface area contributed by atoms with Gasteiger partial charge in [0.1, 0.15) is 0 Å². The molecule has 0 bridgehead atoms. The van der Waals surface area contributed by atoms with Crippen molar-refractivity contribution in [2.45, 2.75) is 24.3 Å². The summed E-state index contributed by atoms with van der Waals surface area (Å²) in [6, 6.07) is 6.05. The fraction of sp³-hybridized carbons (Fsp3) is 0.571. The lowest BCUT2D eigenvalue weighted by Gasteiger charge is -2.18. The van der Waals surface area contributed by atoms with Gasteiger partial charge in [0.2, 0.25) is 0 Å². The normalized spacial score (nSPS) is 24.9. The Morgan fingerprint density at radius 3 is 2.56 bits per heavy atom. The van der Waals surface area contributed by atoms with Crippen LogP contribution in [0.4, 0.5) is 0 Å². The number of halogens is 1. The molecule has 1 fully saturated rings. The second kappa shape index (κ2) is 5.93. The zero-order valence-electron chi connectivity index (χ0n) is 11.0. The van der Waals surface area contributed by atoms with E-state index in [0.29, 0.717) is 16.8 Å². The van der Waals surface area contributed by atoms with Crippen LogP contribution in [0.1, 0.15) is 23.7 Å². The van der Waals surface area contributed by atoms with Gasteiger partial charge in [0.05, 0.1) is 26.9 Å². The molecule has 2 rings (SSSR count). The smallest absolute Gasteiger partial charge is 0.161 e. The summed E-state index contributed by atoms with van der Waals surface area (Å²) < 4.78 is 16.2. The van der Waals surface area contributed by atoms with Crippen LogP contribution in [0, 0.1) is 5.92 Å². The summed E-state index contributed by atoms with van der Waals surface area (Å²) >= 11 is 3.77. The van der Waals surface area contributed by atoms with Gasteiger partial charge in [0.15, 0.2) is 11.5 Å². The maximum Gasteiger partial charge on any atom is 0.161 e. The van der Waals surface area contributed by atoms with Crippen molar-refractivity contribution in [2.24, 2.45) is 5.92 Å². The largest absolute Gasteiger partial charge is 0.493 e. The van der Waals surface area contributed by atoms with Crippen molar-refractivity contribution in [3.8, 4) is 11.5 Å². The predicted octanol–water partition coefficient (Wildman–Crippen LogP) is 3.56. The first kappa shape index (κ1) is 13.7. The van der Waals surface area contributed by atoms with Gasteiger partial charge in [-0.2, -0.15) is 0 Å². The molecule has 1 aromatic rings. The van der Waals surface area contributed by atoms with Crippen LogP contribution in [0.5, 0.6) is 11.5 Å². The molecule has 4 heteroatoms. The number of hydrogen-bond acceptors (Lipinski definition) is 3. The molecule has 1 saturated heterocycles. The van der Waals surface area contributed by atoms with Gasteiger partial charge in [-0.05, 0) is 31.0 Å². The third-order valence-electron chi connectivity index (χ3n) is 3.37. The molecule has 0 N–H and O–H groups in total. The van der Waals surface area contributed by atoms with E-state index in [-0.39, 0.29) is 0 Å². The number of methoxy groups -OCH3 is 2. The molecule has 3 nitrogen and oxygen atoms in total. The molecule has 0 radical (unpaired) electrons. The molecule has 1 aromatic carbocycles. The van der Waals surface area contributed by atoms with E-state index in [1.54, 1.807) is 14.2 Å². The minimum absolute atomic E-state index is 0.294. The van der Waals surface area contributed by atoms with E-state index in [1.165, 1.54) is 5.56 Å². The number of rotatable bonds is 4. The summed E-state index contributed by atoms with van der Waals surface area (Å²) in [5.74, 6) is 2.04. The maximum atomic E-state index is 5.62. The van der Waals surface area contributed by atoms with Crippen LogP contribution in [0.2, 0.25) is 0 Å². The highest BCUT2D eigenvalue weighted by Crippen LogP contribution is 2.40. The summed E-state index contributed by atoms with van der Waals surface area (Å²) in [5, 5.41) is 0. The van der Waals surface area contributed by atoms with Crippen LogP contribution in [-0.2, 0) is 4.74 Å². The van der Waals surface area contributed by atoms with Gasteiger partial charge in [-0.3, -0.25) is 0 Å². The van der Waals surface area contributed by atoms with Gasteiger partial charge in [-0.1, -0.05) is 22.0 Å². The van der Waals surface area contributed by atoms with Gasteiger partial charge in [0.25, 0.3) is 0 Å². The monoisotopic (exact) mass is 314 g/mol. The highest BCUT2D eigenvalue weighted by Gasteiger charge is 2.29. The van der Waals surface area contributed by atoms with E-state index in [0.717, 1.165) is 24.5 Å². The average molecular weight is 315 g/mol. The molecule has 1 aliphatic heterocycles. The average Bonchev–Trinajstić information content (AvgIpc) is 2.83. The Morgan fingerprint density at radius 1 is 1.28 bits per heavy atom. The van der Waals surface area contributed by atoms with Crippen LogP contribution in [-0.4, -0.2) is 26.9 Å². The van der Waals surface area contributed by atoms with Crippen LogP contribution in [0.25, 0.3) is 0 Å². The second-order valence-corrected chi connectivity index (χ2v) is 5.64. The van der Waals surface area contributed by atoms with Crippen LogP contribution in [0.3, 0.4) is 0 Å². The van der Waals surface area contributed by atoms with E-state index < -0.39 is 0 Å². The van der Waals surface area contributed by atoms with Crippen LogP contribution < -0.4 is 9.47 Å². The van der Waals surface area contributed by atoms with Crippen molar-refractivity contribution in [1.82, 2.24) is 0 Å². The van der Waals surface area contributed by atoms with Crippen molar-refractivity contribution in [3.63, 3.8) is 0 Å². The second-order valence-electron chi connectivity index (χ2n) is 4.66. The SMILES string of the molecule is COc1ccc(C(Br)C2COC(C)C2)cc1OC. The first-order valence-electron chi connectivity index (χ1n) is 6.13. The molecule has 0 spiro atoms. The number of alkyl halides is 1. The van der Waals surface area contributed by atoms with Gasteiger partial charge >= 0.3 is 0 Å². The summed E-state index contributed by atoms with van der Waals surface area (Å²) in [4.78, 5) is 0.294. The molecular weight excluding hydrogens is 296 g/mol. The summed E-state index contributed by atoms with van der Waals surface area (Å²) in [7, 11) is 3.31. The van der Waals surface area contributed by atoms with Crippen molar-refractivity contribution >= 4 is 15.9 Å². The molecule has 0 saturated carbocycles. The number of hydrogen-bond donors (Lipinski definition) is 0. The fourth-order valence-corrected chi connectivity index (χ4v) is 3.00. The molecule has 100 valence electrons. The van der Waals surface area contributed by atoms with Gasteiger partial charge in [-0.25, -0.2) is 0 Å². The molecule has 3 unspecified atom stereocenters. The molecule has 1 aliphatic rings. The van der Waals surface area contributed by atoms with E-state index in [1.807, 2.05) is 12.1 Å². The Balaban J connectivity index is 2.17. The van der Waals surface area contributed by atoms with E-state index >= 15 is 0 Å². The minimum Gasteiger partial charge on any atom is -0.493 e. The Labute approximate surface area is 117 Å². The van der Waals surface area contributed by atoms with E-state index in [2.05, 4.69) is 28.9 Å². The summed E-state index contributed by atoms with van der Waals surface area (Å²) in [5.41, 5.74) is 1.20. The van der Waals surface area contributed by atoms with Gasteiger partial charge < -0.3 is 14.2 Å². The highest BCUT2D eigenvalue weighted by atomic mass is 79.9. The van der Waals surface area contributed by atoms with Crippen molar-refractivity contribution in [3.05, 3.63) is 23.8 Å². The van der Waals surface area contributed by atoms with Crippen molar-refractivity contribution in [1.29, 1.82) is 0 Å². The maximum absolute atomic E-state index is 5.62. The molecular formula is C14H19BrO3. The first-order chi connectivity index (χ1) is 8.65. The number of benzene rings is 1. The predicted molar refractivity (Wildman–Crippen MR) is 74.7 cm³/mol. The van der Waals surface area contributed by atoms with Gasteiger partial charge in [-0.15, -0.1) is 0 Å². The Hall–Kier alpha value is -0.740. The zero-order valence-corrected chi connectivity index (χ0v) is 12.6. The molecule has 18 heavy (non-hydrogen) atoms. The van der Waals surface area contributed by atoms with Crippen LogP contribution >= 0.6 is 15.9 Å². The quantitative estimate of drug-likeness (QED) is 0.795. The fourth-order valence-electron chi connectivity index (χ4n) is 2.35. The topological polar surface area (TPSA) is 27.7 Å². The summed E-state index contributed by atoms with van der Waals surface area (Å²) in [6.07, 6.45) is 1.44. The lowest BCUT2D eigenvalue weighted by atomic mass is 9.96. The molecule has 0 aliphatic carbocycles. The zero-order chi connectivity index (χ0) is 13.1. The third-order valence-corrected chi connectivity index (χ3v) is 4.65. The lowest BCUT2D eigenvalue weighted by molar-refractivity contribution is 0.120. The third kappa shape index (κ3) is 2.81. The lowest BCUT2D eigenvalue weighted by Crippen LogP contribution is -2.08. The van der Waals surface area contributed by atoms with Crippen LogP contribution in [0.15, 0.2) is 18.2 Å². The standard InChI is InChI=1S/C14H19BrO3/c1-9-6-11(8-18-9)14(15)10-4-5-12(16-2)13(7-10)17-3/h4-5,7,9,11,14H,6,8H2,1-3H3. The molecule has 1 heterocycles. The van der Waals surface area contributed by atoms with Crippen molar-refractivity contribution in [2.75, 3.05) is 20.8 Å². The van der Waals surface area contributed by atoms with E-state index in [9.17, 15) is 0 Å². The van der Waals surface area contributed by atoms with E-state index in [4.69, 9.17) is 14.2 Å². The minimum atomic E-state index is 0.294. The first-order valence-corrected chi connectivity index (χ1v) is 7.05.